The number of likely N-dealkylation sites (tertiary alicyclic amines) is 1. The number of hydrogen-bond donors (Lipinski definition) is 1. The molecular formula is C22H26N2O5. The van der Waals surface area contributed by atoms with Crippen LogP contribution in [0.5, 0.6) is 5.75 Å². The minimum absolute atomic E-state index is 0.108. The Hall–Kier alpha value is -2.83. The average molecular weight is 398 g/mol. The maximum atomic E-state index is 12.8. The molecule has 1 aliphatic carbocycles. The van der Waals surface area contributed by atoms with E-state index in [0.29, 0.717) is 24.8 Å². The maximum absolute atomic E-state index is 12.8. The first-order valence-corrected chi connectivity index (χ1v) is 10.1. The Balaban J connectivity index is 1.37. The third-order valence-corrected chi connectivity index (χ3v) is 6.31. The Morgan fingerprint density at radius 1 is 1.24 bits per heavy atom. The summed E-state index contributed by atoms with van der Waals surface area (Å²) in [4.78, 5) is 26.1. The highest BCUT2D eigenvalue weighted by molar-refractivity contribution is 5.86. The van der Waals surface area contributed by atoms with Gasteiger partial charge in [-0.05, 0) is 56.2 Å². The number of nitrogens with zero attached hydrogens (tertiary/aromatic N) is 2. The number of carbonyl (C=O) groups is 2. The molecule has 1 amide bonds. The fraction of sp³-hybridized carbons (Fsp3) is 0.500. The summed E-state index contributed by atoms with van der Waals surface area (Å²) in [5.41, 5.74) is 2.59. The van der Waals surface area contributed by atoms with Crippen LogP contribution in [0.1, 0.15) is 41.8 Å². The minimum Gasteiger partial charge on any atom is -0.489 e. The normalized spacial score (nSPS) is 23.2. The van der Waals surface area contributed by atoms with Crippen LogP contribution in [0.2, 0.25) is 0 Å². The number of fused-ring (bicyclic) bond motifs is 1. The minimum atomic E-state index is -0.879. The van der Waals surface area contributed by atoms with Gasteiger partial charge in [0, 0.05) is 6.54 Å². The van der Waals surface area contributed by atoms with Gasteiger partial charge in [-0.3, -0.25) is 4.79 Å². The number of benzene rings is 1. The van der Waals surface area contributed by atoms with E-state index in [1.54, 1.807) is 4.90 Å². The van der Waals surface area contributed by atoms with E-state index in [-0.39, 0.29) is 18.2 Å². The number of aryl methyl sites for hydroxylation is 2. The number of rotatable bonds is 6. The average Bonchev–Trinajstić information content (AvgIpc) is 3.36. The van der Waals surface area contributed by atoms with Crippen LogP contribution < -0.4 is 4.74 Å². The molecular weight excluding hydrogens is 372 g/mol. The van der Waals surface area contributed by atoms with Crippen LogP contribution in [0.3, 0.4) is 0 Å². The van der Waals surface area contributed by atoms with E-state index in [1.807, 2.05) is 38.1 Å². The van der Waals surface area contributed by atoms with Gasteiger partial charge < -0.3 is 19.3 Å². The van der Waals surface area contributed by atoms with E-state index in [9.17, 15) is 14.7 Å². The van der Waals surface area contributed by atoms with E-state index in [0.717, 1.165) is 41.8 Å². The zero-order valence-corrected chi connectivity index (χ0v) is 16.8. The molecule has 2 heterocycles. The Morgan fingerprint density at radius 3 is 2.66 bits per heavy atom. The van der Waals surface area contributed by atoms with Crippen molar-refractivity contribution < 1.29 is 24.0 Å². The molecule has 2 fully saturated rings. The summed E-state index contributed by atoms with van der Waals surface area (Å²) in [6.07, 6.45) is 3.20. The van der Waals surface area contributed by atoms with Gasteiger partial charge in [0.15, 0.2) is 0 Å². The second-order valence-electron chi connectivity index (χ2n) is 8.10. The van der Waals surface area contributed by atoms with Crippen LogP contribution in [0, 0.1) is 25.7 Å². The molecule has 0 radical (unpaired) electrons. The Kier molecular flexibility index (Phi) is 5.30. The number of hydrogen-bond acceptors (Lipinski definition) is 5. The van der Waals surface area contributed by atoms with Crippen molar-refractivity contribution in [2.24, 2.45) is 11.8 Å². The first-order valence-electron chi connectivity index (χ1n) is 10.1. The van der Waals surface area contributed by atoms with Crippen LogP contribution in [0.25, 0.3) is 0 Å². The number of aliphatic carboxylic acids is 1. The molecule has 1 aromatic carbocycles. The third-order valence-electron chi connectivity index (χ3n) is 6.31. The van der Waals surface area contributed by atoms with Crippen molar-refractivity contribution in [2.75, 3.05) is 6.54 Å². The summed E-state index contributed by atoms with van der Waals surface area (Å²) in [6.45, 7) is 4.67. The quantitative estimate of drug-likeness (QED) is 0.804. The molecule has 29 heavy (non-hydrogen) atoms. The van der Waals surface area contributed by atoms with Crippen LogP contribution in [0.4, 0.5) is 0 Å². The van der Waals surface area contributed by atoms with Crippen LogP contribution in [0.15, 0.2) is 28.8 Å². The van der Waals surface area contributed by atoms with E-state index in [1.165, 1.54) is 0 Å². The highest BCUT2D eigenvalue weighted by Gasteiger charge is 2.49. The fourth-order valence-corrected chi connectivity index (χ4v) is 4.72. The second kappa shape index (κ2) is 7.89. The lowest BCUT2D eigenvalue weighted by Crippen LogP contribution is -2.43. The molecule has 2 aliphatic rings. The predicted molar refractivity (Wildman–Crippen MR) is 104 cm³/mol. The Labute approximate surface area is 169 Å². The molecule has 7 nitrogen and oxygen atoms in total. The Morgan fingerprint density at radius 2 is 2.00 bits per heavy atom. The van der Waals surface area contributed by atoms with E-state index in [2.05, 4.69) is 5.16 Å². The molecule has 3 unspecified atom stereocenters. The molecule has 7 heteroatoms. The topological polar surface area (TPSA) is 92.9 Å². The van der Waals surface area contributed by atoms with Crippen LogP contribution in [-0.4, -0.2) is 39.6 Å². The van der Waals surface area contributed by atoms with Crippen LogP contribution in [-0.2, 0) is 22.6 Å². The van der Waals surface area contributed by atoms with E-state index >= 15 is 0 Å². The smallest absolute Gasteiger partial charge is 0.326 e. The first-order chi connectivity index (χ1) is 13.9. The lowest BCUT2D eigenvalue weighted by atomic mass is 9.94. The highest BCUT2D eigenvalue weighted by Crippen LogP contribution is 2.42. The third kappa shape index (κ3) is 3.86. The van der Waals surface area contributed by atoms with Gasteiger partial charge >= 0.3 is 5.97 Å². The molecule has 154 valence electrons. The Bertz CT molecular complexity index is 885. The molecule has 1 saturated heterocycles. The van der Waals surface area contributed by atoms with Crippen molar-refractivity contribution in [3.8, 4) is 5.75 Å². The maximum Gasteiger partial charge on any atom is 0.326 e. The van der Waals surface area contributed by atoms with Crippen molar-refractivity contribution in [3.05, 3.63) is 46.8 Å². The van der Waals surface area contributed by atoms with Crippen molar-refractivity contribution >= 4 is 11.9 Å². The standard InChI is InChI=1S/C22H26N2O5/c1-13-19(14(2)29-23-13)12-28-17-8-6-15(7-9-17)10-20(25)24-11-16-4-3-5-18(16)21(24)22(26)27/h6-9,16,18,21H,3-5,10-12H2,1-2H3,(H,26,27). The highest BCUT2D eigenvalue weighted by atomic mass is 16.5. The fourth-order valence-electron chi connectivity index (χ4n) is 4.72. The number of aromatic nitrogens is 1. The summed E-state index contributed by atoms with van der Waals surface area (Å²) in [6, 6.07) is 6.69. The van der Waals surface area contributed by atoms with Gasteiger partial charge in [-0.25, -0.2) is 4.79 Å². The molecule has 4 rings (SSSR count). The SMILES string of the molecule is Cc1noc(C)c1COc1ccc(CC(=O)N2CC3CCCC3C2C(=O)O)cc1. The molecule has 1 N–H and O–H groups in total. The summed E-state index contributed by atoms with van der Waals surface area (Å²) >= 11 is 0. The lowest BCUT2D eigenvalue weighted by molar-refractivity contribution is -0.149. The number of carboxylic acids is 1. The molecule has 0 spiro atoms. The van der Waals surface area contributed by atoms with Crippen molar-refractivity contribution in [2.45, 2.75) is 52.2 Å². The summed E-state index contributed by atoms with van der Waals surface area (Å²) in [5, 5.41) is 13.6. The van der Waals surface area contributed by atoms with Crippen molar-refractivity contribution in [1.82, 2.24) is 10.1 Å². The number of amides is 1. The number of carboxylic acid groups (broad SMARTS) is 1. The molecule has 1 aliphatic heterocycles. The second-order valence-corrected chi connectivity index (χ2v) is 8.10. The lowest BCUT2D eigenvalue weighted by Gasteiger charge is -2.24. The number of ether oxygens (including phenoxy) is 1. The molecule has 1 aromatic heterocycles. The van der Waals surface area contributed by atoms with Crippen molar-refractivity contribution in [3.63, 3.8) is 0 Å². The van der Waals surface area contributed by atoms with Crippen LogP contribution >= 0.6 is 0 Å². The number of carbonyl (C=O) groups excluding carboxylic acids is 1. The van der Waals surface area contributed by atoms with Gasteiger partial charge in [-0.1, -0.05) is 23.7 Å². The van der Waals surface area contributed by atoms with Gasteiger partial charge in [-0.2, -0.15) is 0 Å². The van der Waals surface area contributed by atoms with E-state index in [4.69, 9.17) is 9.26 Å². The van der Waals surface area contributed by atoms with Gasteiger partial charge in [0.25, 0.3) is 0 Å². The molecule has 2 aromatic rings. The summed E-state index contributed by atoms with van der Waals surface area (Å²) in [5.74, 6) is 0.886. The molecule has 1 saturated carbocycles. The predicted octanol–water partition coefficient (Wildman–Crippen LogP) is 3.12. The van der Waals surface area contributed by atoms with Gasteiger partial charge in [-0.15, -0.1) is 0 Å². The summed E-state index contributed by atoms with van der Waals surface area (Å²) < 4.78 is 10.9. The van der Waals surface area contributed by atoms with Crippen molar-refractivity contribution in [1.29, 1.82) is 0 Å². The van der Waals surface area contributed by atoms with Gasteiger partial charge in [0.2, 0.25) is 5.91 Å². The van der Waals surface area contributed by atoms with E-state index < -0.39 is 12.0 Å². The molecule has 3 atom stereocenters. The van der Waals surface area contributed by atoms with Gasteiger partial charge in [0.05, 0.1) is 17.7 Å². The van der Waals surface area contributed by atoms with Gasteiger partial charge in [0.1, 0.15) is 24.2 Å². The zero-order valence-electron chi connectivity index (χ0n) is 16.8. The zero-order chi connectivity index (χ0) is 20.5. The monoisotopic (exact) mass is 398 g/mol. The molecule has 0 bridgehead atoms. The largest absolute Gasteiger partial charge is 0.489 e. The summed E-state index contributed by atoms with van der Waals surface area (Å²) in [7, 11) is 0. The first kappa shape index (κ1) is 19.5.